The molecule has 0 fully saturated rings. The number of esters is 1. The van der Waals surface area contributed by atoms with Crippen LogP contribution in [0.5, 0.6) is 17.2 Å². The van der Waals surface area contributed by atoms with Gasteiger partial charge in [0.15, 0.2) is 11.6 Å². The van der Waals surface area contributed by atoms with E-state index in [1.54, 1.807) is 6.92 Å². The quantitative estimate of drug-likeness (QED) is 0.452. The highest BCUT2D eigenvalue weighted by molar-refractivity contribution is 5.71. The first-order chi connectivity index (χ1) is 10.8. The molecular weight excluding hydrogens is 316 g/mol. The minimum Gasteiger partial charge on any atom is -0.454 e. The van der Waals surface area contributed by atoms with Gasteiger partial charge in [0.2, 0.25) is 0 Å². The fraction of sp³-hybridized carbons (Fsp3) is 0.188. The molecule has 0 unspecified atom stereocenters. The molecule has 122 valence electrons. The zero-order chi connectivity index (χ0) is 17.0. The van der Waals surface area contributed by atoms with Gasteiger partial charge in [-0.25, -0.2) is 4.39 Å². The highest BCUT2D eigenvalue weighted by Gasteiger charge is 2.31. The largest absolute Gasteiger partial charge is 0.454 e. The molecule has 0 heterocycles. The number of carbonyl (C=O) groups is 1. The number of hydrogen-bond donors (Lipinski definition) is 0. The first kappa shape index (κ1) is 16.8. The minimum absolute atomic E-state index is 0.194. The van der Waals surface area contributed by atoms with E-state index in [1.807, 2.05) is 0 Å². The summed E-state index contributed by atoms with van der Waals surface area (Å²) in [6.07, 6.45) is -4.40. The van der Waals surface area contributed by atoms with E-state index in [9.17, 15) is 22.4 Å². The molecular formula is C16H12F4O3. The lowest BCUT2D eigenvalue weighted by Gasteiger charge is -2.10. The zero-order valence-corrected chi connectivity index (χ0v) is 12.0. The van der Waals surface area contributed by atoms with Crippen molar-refractivity contribution in [1.29, 1.82) is 0 Å². The summed E-state index contributed by atoms with van der Waals surface area (Å²) in [5.74, 6) is -1.39. The van der Waals surface area contributed by atoms with E-state index in [0.29, 0.717) is 6.07 Å². The Morgan fingerprint density at radius 1 is 1.04 bits per heavy atom. The number of benzene rings is 2. The molecule has 2 aromatic carbocycles. The van der Waals surface area contributed by atoms with Gasteiger partial charge in [0.25, 0.3) is 0 Å². The van der Waals surface area contributed by atoms with E-state index in [0.717, 1.165) is 12.1 Å². The maximum Gasteiger partial charge on any atom is 0.416 e. The van der Waals surface area contributed by atoms with Gasteiger partial charge in [-0.05, 0) is 42.5 Å². The van der Waals surface area contributed by atoms with E-state index in [1.165, 1.54) is 24.3 Å². The summed E-state index contributed by atoms with van der Waals surface area (Å²) in [4.78, 5) is 11.1. The Bertz CT molecular complexity index is 693. The van der Waals surface area contributed by atoms with Crippen LogP contribution in [0.25, 0.3) is 0 Å². The SMILES string of the molecule is CCC(=O)Oc1ccc(Oc2ccc(C(F)(F)F)cc2F)cc1. The Balaban J connectivity index is 2.12. The predicted octanol–water partition coefficient (Wildman–Crippen LogP) is 4.95. The van der Waals surface area contributed by atoms with Gasteiger partial charge < -0.3 is 9.47 Å². The van der Waals surface area contributed by atoms with Gasteiger partial charge in [0, 0.05) is 6.42 Å². The molecule has 0 amide bonds. The van der Waals surface area contributed by atoms with Crippen LogP contribution >= 0.6 is 0 Å². The van der Waals surface area contributed by atoms with Crippen molar-refractivity contribution in [1.82, 2.24) is 0 Å². The van der Waals surface area contributed by atoms with Gasteiger partial charge in [0.1, 0.15) is 11.5 Å². The summed E-state index contributed by atoms with van der Waals surface area (Å²) in [5, 5.41) is 0. The topological polar surface area (TPSA) is 35.5 Å². The van der Waals surface area contributed by atoms with Crippen LogP contribution in [-0.2, 0) is 11.0 Å². The Kier molecular flexibility index (Phi) is 4.88. The number of rotatable bonds is 4. The summed E-state index contributed by atoms with van der Waals surface area (Å²) in [6, 6.07) is 7.70. The second-order valence-electron chi connectivity index (χ2n) is 4.54. The number of carbonyl (C=O) groups excluding carboxylic acids is 1. The van der Waals surface area contributed by atoms with Crippen LogP contribution in [0.15, 0.2) is 42.5 Å². The third-order valence-corrected chi connectivity index (χ3v) is 2.83. The fourth-order valence-corrected chi connectivity index (χ4v) is 1.67. The summed E-state index contributed by atoms with van der Waals surface area (Å²) in [6.45, 7) is 1.65. The van der Waals surface area contributed by atoms with Crippen molar-refractivity contribution in [2.45, 2.75) is 19.5 Å². The fourth-order valence-electron chi connectivity index (χ4n) is 1.67. The highest BCUT2D eigenvalue weighted by atomic mass is 19.4. The molecule has 0 aliphatic rings. The Hall–Kier alpha value is -2.57. The maximum atomic E-state index is 13.7. The minimum atomic E-state index is -4.62. The van der Waals surface area contributed by atoms with Crippen LogP contribution in [-0.4, -0.2) is 5.97 Å². The second-order valence-corrected chi connectivity index (χ2v) is 4.54. The molecule has 2 aromatic rings. The van der Waals surface area contributed by atoms with E-state index >= 15 is 0 Å². The molecule has 0 saturated heterocycles. The van der Waals surface area contributed by atoms with Crippen molar-refractivity contribution < 1.29 is 31.8 Å². The summed E-state index contributed by atoms with van der Waals surface area (Å²) in [7, 11) is 0. The molecule has 0 aromatic heterocycles. The molecule has 7 heteroatoms. The van der Waals surface area contributed by atoms with Crippen molar-refractivity contribution in [3.8, 4) is 17.2 Å². The molecule has 0 spiro atoms. The normalized spacial score (nSPS) is 11.2. The first-order valence-electron chi connectivity index (χ1n) is 6.65. The van der Waals surface area contributed by atoms with Crippen LogP contribution in [0, 0.1) is 5.82 Å². The molecule has 0 bridgehead atoms. The van der Waals surface area contributed by atoms with E-state index in [4.69, 9.17) is 9.47 Å². The molecule has 2 rings (SSSR count). The van der Waals surface area contributed by atoms with Gasteiger partial charge in [-0.3, -0.25) is 4.79 Å². The Morgan fingerprint density at radius 3 is 2.17 bits per heavy atom. The molecule has 0 aliphatic carbocycles. The van der Waals surface area contributed by atoms with Gasteiger partial charge in [-0.15, -0.1) is 0 Å². The molecule has 0 N–H and O–H groups in total. The van der Waals surface area contributed by atoms with Crippen LogP contribution in [0.2, 0.25) is 0 Å². The van der Waals surface area contributed by atoms with Crippen molar-refractivity contribution in [3.05, 3.63) is 53.8 Å². The van der Waals surface area contributed by atoms with Crippen LogP contribution in [0.1, 0.15) is 18.9 Å². The lowest BCUT2D eigenvalue weighted by atomic mass is 10.2. The maximum absolute atomic E-state index is 13.7. The van der Waals surface area contributed by atoms with E-state index in [2.05, 4.69) is 0 Å². The van der Waals surface area contributed by atoms with Crippen molar-refractivity contribution in [3.63, 3.8) is 0 Å². The molecule has 0 radical (unpaired) electrons. The van der Waals surface area contributed by atoms with Gasteiger partial charge in [-0.1, -0.05) is 6.92 Å². The number of halogens is 4. The monoisotopic (exact) mass is 328 g/mol. The second kappa shape index (κ2) is 6.68. The molecule has 0 atom stereocenters. The van der Waals surface area contributed by atoms with Crippen molar-refractivity contribution >= 4 is 5.97 Å². The van der Waals surface area contributed by atoms with Crippen LogP contribution in [0.3, 0.4) is 0 Å². The molecule has 23 heavy (non-hydrogen) atoms. The summed E-state index contributed by atoms with van der Waals surface area (Å²) >= 11 is 0. The van der Waals surface area contributed by atoms with Gasteiger partial charge in [0.05, 0.1) is 5.56 Å². The van der Waals surface area contributed by atoms with Gasteiger partial charge in [-0.2, -0.15) is 13.2 Å². The standard InChI is InChI=1S/C16H12F4O3/c1-2-15(21)23-12-6-4-11(5-7-12)22-14-8-3-10(9-13(14)17)16(18,19)20/h3-9H,2H2,1H3. The van der Waals surface area contributed by atoms with Crippen molar-refractivity contribution in [2.75, 3.05) is 0 Å². The van der Waals surface area contributed by atoms with E-state index < -0.39 is 23.5 Å². The molecule has 0 aliphatic heterocycles. The van der Waals surface area contributed by atoms with Crippen LogP contribution in [0.4, 0.5) is 17.6 Å². The third-order valence-electron chi connectivity index (χ3n) is 2.83. The highest BCUT2D eigenvalue weighted by Crippen LogP contribution is 2.33. The summed E-state index contributed by atoms with van der Waals surface area (Å²) < 4.78 is 61.2. The smallest absolute Gasteiger partial charge is 0.416 e. The van der Waals surface area contributed by atoms with E-state index in [-0.39, 0.29) is 23.7 Å². The third kappa shape index (κ3) is 4.45. The molecule has 3 nitrogen and oxygen atoms in total. The van der Waals surface area contributed by atoms with Gasteiger partial charge >= 0.3 is 12.1 Å². The zero-order valence-electron chi connectivity index (χ0n) is 12.0. The number of ether oxygens (including phenoxy) is 2. The van der Waals surface area contributed by atoms with Crippen molar-refractivity contribution in [2.24, 2.45) is 0 Å². The average molecular weight is 328 g/mol. The average Bonchev–Trinajstić information content (AvgIpc) is 2.50. The Morgan fingerprint density at radius 2 is 1.65 bits per heavy atom. The first-order valence-corrected chi connectivity index (χ1v) is 6.65. The lowest BCUT2D eigenvalue weighted by molar-refractivity contribution is -0.138. The predicted molar refractivity (Wildman–Crippen MR) is 73.8 cm³/mol. The summed E-state index contributed by atoms with van der Waals surface area (Å²) in [5.41, 5.74) is -1.09. The van der Waals surface area contributed by atoms with Crippen LogP contribution < -0.4 is 9.47 Å². The Labute approximate surface area is 129 Å². The number of hydrogen-bond acceptors (Lipinski definition) is 3. The lowest BCUT2D eigenvalue weighted by Crippen LogP contribution is -2.05. The molecule has 0 saturated carbocycles. The number of alkyl halides is 3.